The van der Waals surface area contributed by atoms with Crippen molar-refractivity contribution in [3.8, 4) is 0 Å². The van der Waals surface area contributed by atoms with Crippen LogP contribution in [-0.2, 0) is 19.8 Å². The first-order valence-corrected chi connectivity index (χ1v) is 11.8. The lowest BCUT2D eigenvalue weighted by molar-refractivity contribution is -0.175. The van der Waals surface area contributed by atoms with Gasteiger partial charge in [-0.1, -0.05) is 26.5 Å². The van der Waals surface area contributed by atoms with E-state index in [4.69, 9.17) is 4.42 Å². The summed E-state index contributed by atoms with van der Waals surface area (Å²) in [4.78, 5) is 42.9. The van der Waals surface area contributed by atoms with Gasteiger partial charge in [0, 0.05) is 17.8 Å². The fourth-order valence-electron chi connectivity index (χ4n) is 8.10. The third kappa shape index (κ3) is 1.80. The third-order valence-corrected chi connectivity index (χ3v) is 9.73. The lowest BCUT2D eigenvalue weighted by Crippen LogP contribution is -2.81. The highest BCUT2D eigenvalue weighted by molar-refractivity contribution is 6.16. The number of fused-ring (bicyclic) bond motifs is 5. The van der Waals surface area contributed by atoms with Gasteiger partial charge in [-0.05, 0) is 61.3 Å². The van der Waals surface area contributed by atoms with Crippen LogP contribution in [0.15, 0.2) is 29.2 Å². The Labute approximate surface area is 191 Å². The minimum atomic E-state index is -1.04. The molecule has 3 spiro atoms. The zero-order chi connectivity index (χ0) is 23.1. The Morgan fingerprint density at radius 1 is 1.21 bits per heavy atom. The van der Waals surface area contributed by atoms with E-state index in [-0.39, 0.29) is 30.1 Å². The number of nitrogens with one attached hydrogen (secondary N) is 2. The van der Waals surface area contributed by atoms with E-state index in [9.17, 15) is 14.4 Å². The maximum absolute atomic E-state index is 13.9. The second-order valence-corrected chi connectivity index (χ2v) is 11.3. The number of carbonyl (C=O) groups is 3. The van der Waals surface area contributed by atoms with E-state index in [1.165, 1.54) is 0 Å². The summed E-state index contributed by atoms with van der Waals surface area (Å²) < 4.78 is 5.95. The van der Waals surface area contributed by atoms with Crippen molar-refractivity contribution in [3.63, 3.8) is 0 Å². The molecule has 1 aliphatic carbocycles. The molecule has 6 heterocycles. The Hall–Kier alpha value is -3.09. The van der Waals surface area contributed by atoms with Gasteiger partial charge >= 0.3 is 0 Å². The lowest BCUT2D eigenvalue weighted by Gasteiger charge is -2.59. The van der Waals surface area contributed by atoms with E-state index in [0.29, 0.717) is 30.7 Å². The molecule has 5 fully saturated rings. The molecule has 1 aromatic heterocycles. The number of piperazine rings is 1. The Bertz CT molecular complexity index is 1350. The van der Waals surface area contributed by atoms with Gasteiger partial charge in [0.05, 0.1) is 11.1 Å². The molecule has 2 aromatic rings. The van der Waals surface area contributed by atoms with Crippen molar-refractivity contribution in [2.45, 2.75) is 62.9 Å². The van der Waals surface area contributed by atoms with Crippen molar-refractivity contribution in [3.05, 3.63) is 36.1 Å². The quantitative estimate of drug-likeness (QED) is 0.704. The number of piperidine rings is 2. The maximum Gasteiger partial charge on any atom is 0.249 e. The van der Waals surface area contributed by atoms with Crippen LogP contribution in [0.3, 0.4) is 0 Å². The summed E-state index contributed by atoms with van der Waals surface area (Å²) in [6.45, 7) is 10.7. The molecule has 4 saturated heterocycles. The van der Waals surface area contributed by atoms with Crippen LogP contribution in [0.1, 0.15) is 57.8 Å². The molecule has 3 amide bonds. The molecule has 33 heavy (non-hydrogen) atoms. The number of hydrogen-bond acceptors (Lipinski definition) is 4. The molecule has 4 atom stereocenters. The van der Waals surface area contributed by atoms with E-state index >= 15 is 0 Å². The molecule has 7 nitrogen and oxygen atoms in total. The fraction of sp³-hybridized carbons (Fsp3) is 0.500. The van der Waals surface area contributed by atoms with Crippen molar-refractivity contribution in [1.29, 1.82) is 0 Å². The van der Waals surface area contributed by atoms with Crippen molar-refractivity contribution >= 4 is 40.0 Å². The third-order valence-electron chi connectivity index (χ3n) is 9.73. The van der Waals surface area contributed by atoms with Crippen molar-refractivity contribution in [2.75, 3.05) is 11.9 Å². The molecule has 170 valence electrons. The standard InChI is InChI=1S/C26H27N3O4/c1-13(2)17-10-14-16(33-17)7-6-15-19(14)27-21(31)25(15)12-26-18(23(25,3)4)11-24(20(30)28-26)8-5-9-29(24)22(26)32/h6-7,10,18H,1,5,8-9,11-12H2,2-4H3,(H,27,31)(H,28,30)/t18-,24+,25+,26?/m1/s1. The SMILES string of the molecule is C=C(C)c1cc2c3c(ccc2o1)[C@@]1(CC24NC(=O)[C@]5(CCCN5C2=O)C[C@@H]4C1(C)C)C(=O)N3. The smallest absolute Gasteiger partial charge is 0.249 e. The Morgan fingerprint density at radius 2 is 2.00 bits per heavy atom. The molecular formula is C26H27N3O4. The second kappa shape index (κ2) is 5.34. The van der Waals surface area contributed by atoms with Crippen LogP contribution in [0.2, 0.25) is 0 Å². The number of rotatable bonds is 1. The molecule has 1 saturated carbocycles. The zero-order valence-electron chi connectivity index (χ0n) is 19.1. The number of nitrogens with zero attached hydrogens (tertiary/aromatic N) is 1. The summed E-state index contributed by atoms with van der Waals surface area (Å²) in [5, 5.41) is 7.18. The Morgan fingerprint density at radius 3 is 2.76 bits per heavy atom. The summed E-state index contributed by atoms with van der Waals surface area (Å²) in [5.74, 6) is 0.425. The first-order valence-electron chi connectivity index (χ1n) is 11.8. The number of furan rings is 1. The Kier molecular flexibility index (Phi) is 3.14. The largest absolute Gasteiger partial charge is 0.456 e. The van der Waals surface area contributed by atoms with Gasteiger partial charge in [0.2, 0.25) is 17.7 Å². The molecule has 8 rings (SSSR count). The number of amides is 3. The van der Waals surface area contributed by atoms with Crippen LogP contribution in [0.5, 0.6) is 0 Å². The second-order valence-electron chi connectivity index (χ2n) is 11.3. The summed E-state index contributed by atoms with van der Waals surface area (Å²) in [6, 6.07) is 5.80. The van der Waals surface area contributed by atoms with E-state index in [1.54, 1.807) is 0 Å². The van der Waals surface area contributed by atoms with Crippen molar-refractivity contribution < 1.29 is 18.8 Å². The van der Waals surface area contributed by atoms with Crippen molar-refractivity contribution in [1.82, 2.24) is 10.2 Å². The van der Waals surface area contributed by atoms with Gasteiger partial charge in [0.25, 0.3) is 0 Å². The lowest BCUT2D eigenvalue weighted by atomic mass is 9.57. The summed E-state index contributed by atoms with van der Waals surface area (Å²) in [5.41, 5.74) is -0.0991. The summed E-state index contributed by atoms with van der Waals surface area (Å²) in [7, 11) is 0. The van der Waals surface area contributed by atoms with Gasteiger partial charge in [-0.2, -0.15) is 0 Å². The first kappa shape index (κ1) is 19.4. The molecule has 7 heteroatoms. The van der Waals surface area contributed by atoms with Crippen LogP contribution in [-0.4, -0.2) is 40.2 Å². The highest BCUT2D eigenvalue weighted by atomic mass is 16.3. The van der Waals surface area contributed by atoms with Gasteiger partial charge in [0.15, 0.2) is 0 Å². The molecule has 5 aliphatic heterocycles. The highest BCUT2D eigenvalue weighted by Gasteiger charge is 2.80. The first-order chi connectivity index (χ1) is 15.6. The van der Waals surface area contributed by atoms with Gasteiger partial charge in [-0.25, -0.2) is 0 Å². The van der Waals surface area contributed by atoms with Gasteiger partial charge in [-0.15, -0.1) is 0 Å². The minimum absolute atomic E-state index is 0.00370. The minimum Gasteiger partial charge on any atom is -0.456 e. The average molecular weight is 446 g/mol. The predicted molar refractivity (Wildman–Crippen MR) is 122 cm³/mol. The van der Waals surface area contributed by atoms with Crippen LogP contribution in [0.25, 0.3) is 16.5 Å². The molecule has 6 aliphatic rings. The van der Waals surface area contributed by atoms with Crippen LogP contribution >= 0.6 is 0 Å². The molecule has 0 radical (unpaired) electrons. The Balaban J connectivity index is 1.46. The van der Waals surface area contributed by atoms with E-state index in [1.807, 2.05) is 30.0 Å². The average Bonchev–Trinajstić information content (AvgIpc) is 3.48. The molecular weight excluding hydrogens is 418 g/mol. The zero-order valence-corrected chi connectivity index (χ0v) is 19.1. The number of anilines is 1. The van der Waals surface area contributed by atoms with E-state index < -0.39 is 21.9 Å². The summed E-state index contributed by atoms with van der Waals surface area (Å²) >= 11 is 0. The fourth-order valence-corrected chi connectivity index (χ4v) is 8.10. The number of hydrogen-bond donors (Lipinski definition) is 2. The topological polar surface area (TPSA) is 91.7 Å². The molecule has 2 N–H and O–H groups in total. The maximum atomic E-state index is 13.9. The van der Waals surface area contributed by atoms with Gasteiger partial charge in [0.1, 0.15) is 22.4 Å². The van der Waals surface area contributed by atoms with Crippen LogP contribution in [0.4, 0.5) is 5.69 Å². The monoisotopic (exact) mass is 445 g/mol. The molecule has 2 bridgehead atoms. The van der Waals surface area contributed by atoms with E-state index in [2.05, 4.69) is 31.1 Å². The van der Waals surface area contributed by atoms with Gasteiger partial charge < -0.3 is 20.0 Å². The molecule has 1 unspecified atom stereocenters. The normalized spacial score (nSPS) is 37.4. The highest BCUT2D eigenvalue weighted by Crippen LogP contribution is 2.70. The van der Waals surface area contributed by atoms with Gasteiger partial charge in [-0.3, -0.25) is 14.4 Å². The number of carbonyl (C=O) groups excluding carboxylic acids is 3. The van der Waals surface area contributed by atoms with Crippen molar-refractivity contribution in [2.24, 2.45) is 11.3 Å². The van der Waals surface area contributed by atoms with E-state index in [0.717, 1.165) is 28.6 Å². The number of benzene rings is 1. The molecule has 1 aromatic carbocycles. The van der Waals surface area contributed by atoms with Crippen LogP contribution < -0.4 is 10.6 Å². The summed E-state index contributed by atoms with van der Waals surface area (Å²) in [6.07, 6.45) is 2.45. The predicted octanol–water partition coefficient (Wildman–Crippen LogP) is 3.34. The number of allylic oxidation sites excluding steroid dienone is 1. The van der Waals surface area contributed by atoms with Crippen LogP contribution in [0, 0.1) is 11.3 Å².